The van der Waals surface area contributed by atoms with E-state index in [0.29, 0.717) is 6.54 Å². The SMILES string of the molecule is Cc1[nH]c2ccc(I)cc2c1CCN. The molecule has 1 aromatic carbocycles. The van der Waals surface area contributed by atoms with Crippen LogP contribution in [-0.4, -0.2) is 11.5 Å². The number of fused-ring (bicyclic) bond motifs is 1. The van der Waals surface area contributed by atoms with Gasteiger partial charge in [-0.3, -0.25) is 0 Å². The van der Waals surface area contributed by atoms with Gasteiger partial charge in [0.15, 0.2) is 0 Å². The second-order valence-electron chi connectivity index (χ2n) is 3.46. The summed E-state index contributed by atoms with van der Waals surface area (Å²) in [4.78, 5) is 3.38. The molecule has 0 amide bonds. The highest BCUT2D eigenvalue weighted by Crippen LogP contribution is 2.24. The first-order valence-electron chi connectivity index (χ1n) is 4.69. The maximum atomic E-state index is 5.60. The van der Waals surface area contributed by atoms with Crippen molar-refractivity contribution in [1.82, 2.24) is 4.98 Å². The molecular formula is C11H13IN2. The maximum Gasteiger partial charge on any atom is 0.0459 e. The van der Waals surface area contributed by atoms with Crippen molar-refractivity contribution >= 4 is 33.5 Å². The quantitative estimate of drug-likeness (QED) is 0.822. The summed E-state index contributed by atoms with van der Waals surface area (Å²) >= 11 is 2.34. The third kappa shape index (κ3) is 1.66. The lowest BCUT2D eigenvalue weighted by Gasteiger charge is -1.98. The molecule has 0 saturated carbocycles. The minimum Gasteiger partial charge on any atom is -0.358 e. The average Bonchev–Trinajstić information content (AvgIpc) is 2.45. The Kier molecular flexibility index (Phi) is 2.78. The number of nitrogens with one attached hydrogen (secondary N) is 1. The fourth-order valence-electron chi connectivity index (χ4n) is 1.82. The molecule has 0 saturated heterocycles. The number of rotatable bonds is 2. The molecule has 2 nitrogen and oxygen atoms in total. The highest BCUT2D eigenvalue weighted by atomic mass is 127. The molecule has 3 heteroatoms. The van der Waals surface area contributed by atoms with Gasteiger partial charge in [0.05, 0.1) is 0 Å². The van der Waals surface area contributed by atoms with E-state index in [-0.39, 0.29) is 0 Å². The van der Waals surface area contributed by atoms with Crippen LogP contribution < -0.4 is 5.73 Å². The molecule has 1 aromatic heterocycles. The largest absolute Gasteiger partial charge is 0.358 e. The molecule has 74 valence electrons. The van der Waals surface area contributed by atoms with Gasteiger partial charge in [0.2, 0.25) is 0 Å². The smallest absolute Gasteiger partial charge is 0.0459 e. The molecule has 0 aliphatic heterocycles. The summed E-state index contributed by atoms with van der Waals surface area (Å²) in [6.07, 6.45) is 0.950. The molecule has 0 atom stereocenters. The van der Waals surface area contributed by atoms with Crippen molar-refractivity contribution in [3.8, 4) is 0 Å². The summed E-state index contributed by atoms with van der Waals surface area (Å²) in [5, 5.41) is 1.32. The minimum atomic E-state index is 0.708. The van der Waals surface area contributed by atoms with E-state index in [2.05, 4.69) is 52.7 Å². The zero-order valence-electron chi connectivity index (χ0n) is 8.10. The number of hydrogen-bond donors (Lipinski definition) is 2. The Balaban J connectivity index is 2.66. The molecule has 0 bridgehead atoms. The van der Waals surface area contributed by atoms with Crippen molar-refractivity contribution in [1.29, 1.82) is 0 Å². The third-order valence-electron chi connectivity index (χ3n) is 2.48. The van der Waals surface area contributed by atoms with Crippen molar-refractivity contribution in [2.75, 3.05) is 6.54 Å². The number of halogens is 1. The van der Waals surface area contributed by atoms with Gasteiger partial charge >= 0.3 is 0 Å². The first-order valence-corrected chi connectivity index (χ1v) is 5.77. The van der Waals surface area contributed by atoms with Crippen molar-refractivity contribution < 1.29 is 0 Å². The second kappa shape index (κ2) is 3.90. The van der Waals surface area contributed by atoms with E-state index in [9.17, 15) is 0 Å². The normalized spacial score (nSPS) is 11.1. The Morgan fingerprint density at radius 2 is 2.21 bits per heavy atom. The van der Waals surface area contributed by atoms with Gasteiger partial charge < -0.3 is 10.7 Å². The number of aryl methyl sites for hydroxylation is 1. The number of H-pyrrole nitrogens is 1. The summed E-state index contributed by atoms with van der Waals surface area (Å²) in [5.41, 5.74) is 9.42. The monoisotopic (exact) mass is 300 g/mol. The lowest BCUT2D eigenvalue weighted by molar-refractivity contribution is 0.963. The molecule has 0 radical (unpaired) electrons. The second-order valence-corrected chi connectivity index (χ2v) is 4.70. The van der Waals surface area contributed by atoms with E-state index < -0.39 is 0 Å². The first kappa shape index (κ1) is 9.98. The highest BCUT2D eigenvalue weighted by molar-refractivity contribution is 14.1. The van der Waals surface area contributed by atoms with Crippen LogP contribution in [0, 0.1) is 10.5 Å². The van der Waals surface area contributed by atoms with Crippen LogP contribution in [0.4, 0.5) is 0 Å². The molecular weight excluding hydrogens is 287 g/mol. The summed E-state index contributed by atoms with van der Waals surface area (Å²) in [6, 6.07) is 6.46. The van der Waals surface area contributed by atoms with Crippen LogP contribution in [0.15, 0.2) is 18.2 Å². The van der Waals surface area contributed by atoms with E-state index in [4.69, 9.17) is 5.73 Å². The fraction of sp³-hybridized carbons (Fsp3) is 0.273. The highest BCUT2D eigenvalue weighted by Gasteiger charge is 2.07. The molecule has 14 heavy (non-hydrogen) atoms. The molecule has 0 aliphatic rings. The number of benzene rings is 1. The molecule has 0 spiro atoms. The molecule has 2 aromatic rings. The summed E-state index contributed by atoms with van der Waals surface area (Å²) in [7, 11) is 0. The van der Waals surface area contributed by atoms with Crippen LogP contribution in [0.2, 0.25) is 0 Å². The predicted octanol–water partition coefficient (Wildman–Crippen LogP) is 2.58. The zero-order valence-corrected chi connectivity index (χ0v) is 10.3. The topological polar surface area (TPSA) is 41.8 Å². The first-order chi connectivity index (χ1) is 6.72. The average molecular weight is 300 g/mol. The zero-order chi connectivity index (χ0) is 10.1. The van der Waals surface area contributed by atoms with Gasteiger partial charge in [-0.1, -0.05) is 0 Å². The van der Waals surface area contributed by atoms with Crippen LogP contribution in [0.1, 0.15) is 11.3 Å². The Morgan fingerprint density at radius 1 is 1.43 bits per heavy atom. The van der Waals surface area contributed by atoms with E-state index in [1.54, 1.807) is 0 Å². The molecule has 0 fully saturated rings. The van der Waals surface area contributed by atoms with Gasteiger partial charge in [-0.25, -0.2) is 0 Å². The van der Waals surface area contributed by atoms with Crippen molar-refractivity contribution in [2.45, 2.75) is 13.3 Å². The maximum absolute atomic E-state index is 5.60. The minimum absolute atomic E-state index is 0.708. The summed E-state index contributed by atoms with van der Waals surface area (Å²) < 4.78 is 1.27. The van der Waals surface area contributed by atoms with Crippen molar-refractivity contribution in [3.63, 3.8) is 0 Å². The molecule has 1 heterocycles. The van der Waals surface area contributed by atoms with Gasteiger partial charge in [0.1, 0.15) is 0 Å². The number of aromatic nitrogens is 1. The van der Waals surface area contributed by atoms with E-state index in [1.807, 2.05) is 0 Å². The summed E-state index contributed by atoms with van der Waals surface area (Å²) in [6.45, 7) is 2.82. The summed E-state index contributed by atoms with van der Waals surface area (Å²) in [5.74, 6) is 0. The lowest BCUT2D eigenvalue weighted by atomic mass is 10.1. The van der Waals surface area contributed by atoms with Gasteiger partial charge in [-0.05, 0) is 66.2 Å². The molecule has 2 rings (SSSR count). The van der Waals surface area contributed by atoms with Gasteiger partial charge in [-0.15, -0.1) is 0 Å². The Morgan fingerprint density at radius 3 is 2.93 bits per heavy atom. The standard InChI is InChI=1S/C11H13IN2/c1-7-9(4-5-13)10-6-8(12)2-3-11(10)14-7/h2-3,6,14H,4-5,13H2,1H3. The van der Waals surface area contributed by atoms with Crippen LogP contribution in [0.25, 0.3) is 10.9 Å². The van der Waals surface area contributed by atoms with E-state index >= 15 is 0 Å². The Hall–Kier alpha value is -0.550. The Labute approximate surface area is 97.0 Å². The third-order valence-corrected chi connectivity index (χ3v) is 3.15. The number of nitrogens with two attached hydrogens (primary N) is 1. The van der Waals surface area contributed by atoms with Crippen LogP contribution in [-0.2, 0) is 6.42 Å². The lowest BCUT2D eigenvalue weighted by Crippen LogP contribution is -2.03. The van der Waals surface area contributed by atoms with Crippen molar-refractivity contribution in [3.05, 3.63) is 33.0 Å². The van der Waals surface area contributed by atoms with Gasteiger partial charge in [-0.2, -0.15) is 0 Å². The number of hydrogen-bond acceptors (Lipinski definition) is 1. The van der Waals surface area contributed by atoms with E-state index in [0.717, 1.165) is 6.42 Å². The molecule has 0 unspecified atom stereocenters. The van der Waals surface area contributed by atoms with Crippen LogP contribution in [0.5, 0.6) is 0 Å². The van der Waals surface area contributed by atoms with Gasteiger partial charge in [0.25, 0.3) is 0 Å². The van der Waals surface area contributed by atoms with Crippen LogP contribution in [0.3, 0.4) is 0 Å². The number of aromatic amines is 1. The molecule has 3 N–H and O–H groups in total. The predicted molar refractivity (Wildman–Crippen MR) is 68.5 cm³/mol. The van der Waals surface area contributed by atoms with Gasteiger partial charge in [0, 0.05) is 20.2 Å². The van der Waals surface area contributed by atoms with E-state index in [1.165, 1.54) is 25.7 Å². The van der Waals surface area contributed by atoms with Crippen LogP contribution >= 0.6 is 22.6 Å². The fourth-order valence-corrected chi connectivity index (χ4v) is 2.31. The van der Waals surface area contributed by atoms with Crippen molar-refractivity contribution in [2.24, 2.45) is 5.73 Å². The molecule has 0 aliphatic carbocycles. The Bertz CT molecular complexity index is 460.